The van der Waals surface area contributed by atoms with E-state index in [2.05, 4.69) is 16.9 Å². The molecule has 0 radical (unpaired) electrons. The summed E-state index contributed by atoms with van der Waals surface area (Å²) in [5.74, 6) is -0.281. The van der Waals surface area contributed by atoms with E-state index in [0.717, 1.165) is 16.8 Å². The summed E-state index contributed by atoms with van der Waals surface area (Å²) in [7, 11) is 0. The van der Waals surface area contributed by atoms with Crippen molar-refractivity contribution in [1.82, 2.24) is 15.0 Å². The van der Waals surface area contributed by atoms with Crippen LogP contribution in [0.2, 0.25) is 0 Å². The lowest BCUT2D eigenvalue weighted by Crippen LogP contribution is -2.00. The number of nitrogens with zero attached hydrogens (tertiary/aromatic N) is 3. The summed E-state index contributed by atoms with van der Waals surface area (Å²) in [5.41, 5.74) is 2.31. The molecule has 4 heteroatoms. The average Bonchev–Trinajstić information content (AvgIpc) is 2.70. The van der Waals surface area contributed by atoms with Crippen LogP contribution in [0.4, 0.5) is 4.39 Å². The fourth-order valence-corrected chi connectivity index (χ4v) is 1.39. The number of halogens is 1. The van der Waals surface area contributed by atoms with Gasteiger partial charge >= 0.3 is 0 Å². The predicted octanol–water partition coefficient (Wildman–Crippen LogP) is 2.44. The number of aromatic nitrogens is 3. The van der Waals surface area contributed by atoms with Crippen molar-refractivity contribution in [3.63, 3.8) is 0 Å². The first-order chi connectivity index (χ1) is 7.18. The highest BCUT2D eigenvalue weighted by molar-refractivity contribution is 5.69. The van der Waals surface area contributed by atoms with E-state index < -0.39 is 0 Å². The molecule has 1 aromatic heterocycles. The lowest BCUT2D eigenvalue weighted by molar-refractivity contribution is 0.626. The van der Waals surface area contributed by atoms with Gasteiger partial charge in [0.25, 0.3) is 0 Å². The molecule has 1 aromatic carbocycles. The average molecular weight is 203 g/mol. The Morgan fingerprint density at radius 3 is 2.87 bits per heavy atom. The van der Waals surface area contributed by atoms with Crippen LogP contribution >= 0.6 is 0 Å². The van der Waals surface area contributed by atoms with Gasteiger partial charge in [0.05, 0.1) is 18.1 Å². The number of hydrogen-bond donors (Lipinski definition) is 0. The van der Waals surface area contributed by atoms with Crippen LogP contribution in [0.15, 0.2) is 37.2 Å². The zero-order chi connectivity index (χ0) is 10.8. The third kappa shape index (κ3) is 1.79. The van der Waals surface area contributed by atoms with E-state index in [1.165, 1.54) is 12.1 Å². The zero-order valence-corrected chi connectivity index (χ0v) is 8.31. The van der Waals surface area contributed by atoms with Gasteiger partial charge in [-0.2, -0.15) is 0 Å². The fourth-order valence-electron chi connectivity index (χ4n) is 1.39. The molecule has 0 spiro atoms. The van der Waals surface area contributed by atoms with Crippen molar-refractivity contribution in [3.05, 3.63) is 48.6 Å². The summed E-state index contributed by atoms with van der Waals surface area (Å²) in [6.07, 6.45) is 3.28. The highest BCUT2D eigenvalue weighted by Crippen LogP contribution is 2.21. The maximum absolute atomic E-state index is 13.1. The Kier molecular flexibility index (Phi) is 2.33. The number of rotatable bonds is 2. The van der Waals surface area contributed by atoms with Crippen LogP contribution in [-0.2, 0) is 0 Å². The lowest BCUT2D eigenvalue weighted by atomic mass is 10.1. The third-order valence-electron chi connectivity index (χ3n) is 2.09. The summed E-state index contributed by atoms with van der Waals surface area (Å²) >= 11 is 0. The van der Waals surface area contributed by atoms with Crippen molar-refractivity contribution in [2.24, 2.45) is 0 Å². The predicted molar refractivity (Wildman–Crippen MR) is 56.0 cm³/mol. The second-order valence-corrected chi connectivity index (χ2v) is 3.29. The van der Waals surface area contributed by atoms with Crippen molar-refractivity contribution in [3.8, 4) is 5.69 Å². The Bertz CT molecular complexity index is 489. The molecule has 0 saturated carbocycles. The van der Waals surface area contributed by atoms with Crippen molar-refractivity contribution in [2.45, 2.75) is 6.92 Å². The third-order valence-corrected chi connectivity index (χ3v) is 2.09. The summed E-state index contributed by atoms with van der Waals surface area (Å²) < 4.78 is 14.6. The van der Waals surface area contributed by atoms with Crippen LogP contribution in [0.1, 0.15) is 12.5 Å². The van der Waals surface area contributed by atoms with Gasteiger partial charge in [0.2, 0.25) is 0 Å². The first kappa shape index (κ1) is 9.58. The number of hydrogen-bond acceptors (Lipinski definition) is 2. The van der Waals surface area contributed by atoms with E-state index in [1.807, 2.05) is 6.92 Å². The minimum absolute atomic E-state index is 0.281. The summed E-state index contributed by atoms with van der Waals surface area (Å²) in [6.45, 7) is 5.64. The summed E-state index contributed by atoms with van der Waals surface area (Å²) in [6, 6.07) is 4.50. The fraction of sp³-hybridized carbons (Fsp3) is 0.0909. The van der Waals surface area contributed by atoms with Crippen molar-refractivity contribution in [1.29, 1.82) is 0 Å². The Morgan fingerprint density at radius 2 is 2.27 bits per heavy atom. The van der Waals surface area contributed by atoms with E-state index in [4.69, 9.17) is 0 Å². The van der Waals surface area contributed by atoms with E-state index >= 15 is 0 Å². The normalized spacial score (nSPS) is 10.3. The molecule has 0 fully saturated rings. The molecule has 0 atom stereocenters. The second-order valence-electron chi connectivity index (χ2n) is 3.29. The van der Waals surface area contributed by atoms with Gasteiger partial charge in [-0.1, -0.05) is 11.8 Å². The highest BCUT2D eigenvalue weighted by atomic mass is 19.1. The Hall–Kier alpha value is -1.97. The maximum Gasteiger partial charge on any atom is 0.123 e. The highest BCUT2D eigenvalue weighted by Gasteiger charge is 2.07. The van der Waals surface area contributed by atoms with Crippen molar-refractivity contribution < 1.29 is 4.39 Å². The molecular weight excluding hydrogens is 193 g/mol. The van der Waals surface area contributed by atoms with E-state index in [9.17, 15) is 4.39 Å². The minimum Gasteiger partial charge on any atom is -0.220 e. The van der Waals surface area contributed by atoms with Crippen LogP contribution in [0, 0.1) is 5.82 Å². The summed E-state index contributed by atoms with van der Waals surface area (Å²) in [5, 5.41) is 7.57. The maximum atomic E-state index is 13.1. The first-order valence-corrected chi connectivity index (χ1v) is 4.50. The smallest absolute Gasteiger partial charge is 0.123 e. The monoisotopic (exact) mass is 203 g/mol. The molecule has 15 heavy (non-hydrogen) atoms. The van der Waals surface area contributed by atoms with Crippen molar-refractivity contribution >= 4 is 5.57 Å². The van der Waals surface area contributed by atoms with E-state index in [1.54, 1.807) is 23.1 Å². The van der Waals surface area contributed by atoms with Gasteiger partial charge in [-0.05, 0) is 30.7 Å². The minimum atomic E-state index is -0.281. The molecule has 2 rings (SSSR count). The van der Waals surface area contributed by atoms with Gasteiger partial charge in [-0.15, -0.1) is 5.10 Å². The summed E-state index contributed by atoms with van der Waals surface area (Å²) in [4.78, 5) is 0. The number of allylic oxidation sites excluding steroid dienone is 1. The van der Waals surface area contributed by atoms with Crippen LogP contribution < -0.4 is 0 Å². The molecule has 0 unspecified atom stereocenters. The second kappa shape index (κ2) is 3.65. The Morgan fingerprint density at radius 1 is 1.47 bits per heavy atom. The Labute approximate surface area is 86.9 Å². The van der Waals surface area contributed by atoms with Crippen LogP contribution in [0.5, 0.6) is 0 Å². The largest absolute Gasteiger partial charge is 0.220 e. The molecule has 3 nitrogen and oxygen atoms in total. The molecule has 0 aliphatic heterocycles. The van der Waals surface area contributed by atoms with Crippen molar-refractivity contribution in [2.75, 3.05) is 0 Å². The zero-order valence-electron chi connectivity index (χ0n) is 8.31. The van der Waals surface area contributed by atoms with Gasteiger partial charge < -0.3 is 0 Å². The van der Waals surface area contributed by atoms with Gasteiger partial charge in [0.1, 0.15) is 5.82 Å². The molecule has 0 N–H and O–H groups in total. The molecular formula is C11H10FN3. The molecule has 1 heterocycles. The molecule has 0 aliphatic carbocycles. The molecule has 0 bridgehead atoms. The lowest BCUT2D eigenvalue weighted by Gasteiger charge is -2.08. The van der Waals surface area contributed by atoms with Crippen LogP contribution in [-0.4, -0.2) is 15.0 Å². The molecule has 0 saturated heterocycles. The van der Waals surface area contributed by atoms with Gasteiger partial charge in [0.15, 0.2) is 0 Å². The Balaban J connectivity index is 2.61. The SMILES string of the molecule is C=C(C)c1cc(F)ccc1-n1ccnn1. The topological polar surface area (TPSA) is 30.7 Å². The van der Waals surface area contributed by atoms with E-state index in [0.29, 0.717) is 0 Å². The molecule has 0 aliphatic rings. The molecule has 2 aromatic rings. The first-order valence-electron chi connectivity index (χ1n) is 4.50. The van der Waals surface area contributed by atoms with Crippen LogP contribution in [0.25, 0.3) is 11.3 Å². The van der Waals surface area contributed by atoms with Gasteiger partial charge in [0, 0.05) is 5.56 Å². The van der Waals surface area contributed by atoms with Crippen LogP contribution in [0.3, 0.4) is 0 Å². The van der Waals surface area contributed by atoms with Gasteiger partial charge in [-0.25, -0.2) is 9.07 Å². The van der Waals surface area contributed by atoms with Gasteiger partial charge in [-0.3, -0.25) is 0 Å². The number of benzene rings is 1. The van der Waals surface area contributed by atoms with E-state index in [-0.39, 0.29) is 5.82 Å². The molecule has 0 amide bonds. The standard InChI is InChI=1S/C11H10FN3/c1-8(2)10-7-9(12)3-4-11(10)15-6-5-13-14-15/h3-7H,1H2,2H3. The molecule has 76 valence electrons. The quantitative estimate of drug-likeness (QED) is 0.750.